The molecule has 1 fully saturated rings. The summed E-state index contributed by atoms with van der Waals surface area (Å²) in [7, 11) is 0. The Kier molecular flexibility index (Phi) is 7.52. The Morgan fingerprint density at radius 1 is 1.52 bits per heavy atom. The van der Waals surface area contributed by atoms with Crippen LogP contribution in [0.3, 0.4) is 0 Å². The lowest BCUT2D eigenvalue weighted by Gasteiger charge is -2.36. The van der Waals surface area contributed by atoms with Gasteiger partial charge in [0, 0.05) is 24.2 Å². The highest BCUT2D eigenvalue weighted by Gasteiger charge is 2.38. The van der Waals surface area contributed by atoms with Gasteiger partial charge in [-0.2, -0.15) is 18.4 Å². The van der Waals surface area contributed by atoms with Crippen molar-refractivity contribution in [2.24, 2.45) is 11.7 Å². The Hall–Kier alpha value is -1.98. The molecule has 5 nitrogen and oxygen atoms in total. The quantitative estimate of drug-likeness (QED) is 0.824. The second-order valence-electron chi connectivity index (χ2n) is 5.78. The number of hydrogen-bond donors (Lipinski definition) is 2. The first kappa shape index (κ1) is 21.1. The standard InChI is InChI=1S/C14H18ClN3.C2HF3O2/c1-10(17)11-3-2-6-18(9-11)14-5-4-13(15)7-12(14)8-16;3-2(4,5)1(6)7/h4-5,7,10-11H,2-3,6,9,17H2,1H3;(H,6,7). The highest BCUT2D eigenvalue weighted by Crippen LogP contribution is 2.28. The van der Waals surface area contributed by atoms with E-state index in [9.17, 15) is 18.4 Å². The Morgan fingerprint density at radius 3 is 2.60 bits per heavy atom. The molecule has 2 rings (SSSR count). The number of rotatable bonds is 2. The summed E-state index contributed by atoms with van der Waals surface area (Å²) in [5.74, 6) is -2.26. The summed E-state index contributed by atoms with van der Waals surface area (Å²) in [5.41, 5.74) is 7.61. The van der Waals surface area contributed by atoms with E-state index in [2.05, 4.69) is 17.9 Å². The summed E-state index contributed by atoms with van der Waals surface area (Å²) < 4.78 is 31.7. The van der Waals surface area contributed by atoms with Gasteiger partial charge in [0.2, 0.25) is 0 Å². The third-order valence-electron chi connectivity index (χ3n) is 3.86. The number of halogens is 4. The molecular weight excluding hydrogens is 359 g/mol. The smallest absolute Gasteiger partial charge is 0.475 e. The summed E-state index contributed by atoms with van der Waals surface area (Å²) in [4.78, 5) is 11.2. The molecule has 1 aromatic carbocycles. The molecule has 0 amide bonds. The van der Waals surface area contributed by atoms with Gasteiger partial charge < -0.3 is 15.7 Å². The molecule has 2 unspecified atom stereocenters. The van der Waals surface area contributed by atoms with Crippen molar-refractivity contribution in [2.45, 2.75) is 32.0 Å². The number of benzene rings is 1. The van der Waals surface area contributed by atoms with Crippen LogP contribution in [0.15, 0.2) is 18.2 Å². The minimum atomic E-state index is -5.08. The van der Waals surface area contributed by atoms with E-state index < -0.39 is 12.1 Å². The van der Waals surface area contributed by atoms with Crippen LogP contribution in [-0.4, -0.2) is 36.4 Å². The maximum Gasteiger partial charge on any atom is 0.490 e. The lowest BCUT2D eigenvalue weighted by Crippen LogP contribution is -2.42. The zero-order valence-corrected chi connectivity index (χ0v) is 14.3. The minimum absolute atomic E-state index is 0.200. The average Bonchev–Trinajstić information content (AvgIpc) is 2.54. The van der Waals surface area contributed by atoms with Crippen LogP contribution < -0.4 is 10.6 Å². The molecular formula is C16H19ClF3N3O2. The highest BCUT2D eigenvalue weighted by atomic mass is 35.5. The SMILES string of the molecule is CC(N)C1CCCN(c2ccc(Cl)cc2C#N)C1.O=C(O)C(F)(F)F. The summed E-state index contributed by atoms with van der Waals surface area (Å²) in [6.45, 7) is 3.97. The van der Waals surface area contributed by atoms with Crippen molar-refractivity contribution in [3.8, 4) is 6.07 Å². The topological polar surface area (TPSA) is 90.4 Å². The molecule has 0 saturated carbocycles. The zero-order chi connectivity index (χ0) is 19.2. The molecule has 0 spiro atoms. The Labute approximate surface area is 148 Å². The van der Waals surface area contributed by atoms with Crippen molar-refractivity contribution in [3.63, 3.8) is 0 Å². The van der Waals surface area contributed by atoms with E-state index in [4.69, 9.17) is 27.2 Å². The van der Waals surface area contributed by atoms with Crippen LogP contribution >= 0.6 is 11.6 Å². The number of piperidine rings is 1. The molecule has 2 atom stereocenters. The van der Waals surface area contributed by atoms with E-state index in [-0.39, 0.29) is 6.04 Å². The van der Waals surface area contributed by atoms with E-state index in [0.29, 0.717) is 16.5 Å². The summed E-state index contributed by atoms with van der Waals surface area (Å²) in [5, 5.41) is 16.9. The molecule has 1 aromatic rings. The summed E-state index contributed by atoms with van der Waals surface area (Å²) in [6.07, 6.45) is -2.79. The number of nitriles is 1. The fraction of sp³-hybridized carbons (Fsp3) is 0.500. The van der Waals surface area contributed by atoms with E-state index in [1.807, 2.05) is 12.1 Å². The summed E-state index contributed by atoms with van der Waals surface area (Å²) in [6, 6.07) is 7.92. The zero-order valence-electron chi connectivity index (χ0n) is 13.6. The van der Waals surface area contributed by atoms with Gasteiger partial charge in [-0.3, -0.25) is 0 Å². The number of nitrogens with two attached hydrogens (primary N) is 1. The number of carboxylic acids is 1. The van der Waals surface area contributed by atoms with Crippen molar-refractivity contribution in [2.75, 3.05) is 18.0 Å². The van der Waals surface area contributed by atoms with Crippen molar-refractivity contribution in [1.29, 1.82) is 5.26 Å². The molecule has 138 valence electrons. The third kappa shape index (κ3) is 6.44. The molecule has 25 heavy (non-hydrogen) atoms. The molecule has 1 saturated heterocycles. The second kappa shape index (κ2) is 8.92. The molecule has 0 aromatic heterocycles. The maximum atomic E-state index is 10.6. The van der Waals surface area contributed by atoms with Crippen LogP contribution in [0.25, 0.3) is 0 Å². The number of alkyl halides is 3. The molecule has 0 aliphatic carbocycles. The monoisotopic (exact) mass is 377 g/mol. The van der Waals surface area contributed by atoms with E-state index >= 15 is 0 Å². The van der Waals surface area contributed by atoms with Crippen molar-refractivity contribution in [3.05, 3.63) is 28.8 Å². The van der Waals surface area contributed by atoms with Gasteiger partial charge in [0.05, 0.1) is 11.3 Å². The number of aliphatic carboxylic acids is 1. The van der Waals surface area contributed by atoms with Gasteiger partial charge in [-0.05, 0) is 43.9 Å². The second-order valence-corrected chi connectivity index (χ2v) is 6.22. The molecule has 0 bridgehead atoms. The third-order valence-corrected chi connectivity index (χ3v) is 4.10. The number of nitrogens with zero attached hydrogens (tertiary/aromatic N) is 2. The molecule has 3 N–H and O–H groups in total. The van der Waals surface area contributed by atoms with Gasteiger partial charge in [0.25, 0.3) is 0 Å². The van der Waals surface area contributed by atoms with Gasteiger partial charge in [-0.15, -0.1) is 0 Å². The predicted molar refractivity (Wildman–Crippen MR) is 88.4 cm³/mol. The number of carboxylic acid groups (broad SMARTS) is 1. The molecule has 1 aliphatic heterocycles. The number of carbonyl (C=O) groups is 1. The minimum Gasteiger partial charge on any atom is -0.475 e. The normalized spacial score (nSPS) is 18.6. The van der Waals surface area contributed by atoms with Crippen LogP contribution in [0.5, 0.6) is 0 Å². The van der Waals surface area contributed by atoms with Gasteiger partial charge >= 0.3 is 12.1 Å². The molecule has 0 radical (unpaired) electrons. The molecule has 1 heterocycles. The fourth-order valence-electron chi connectivity index (χ4n) is 2.53. The maximum absolute atomic E-state index is 10.6. The number of hydrogen-bond acceptors (Lipinski definition) is 4. The van der Waals surface area contributed by atoms with E-state index in [0.717, 1.165) is 25.2 Å². The van der Waals surface area contributed by atoms with Crippen LogP contribution in [0.4, 0.5) is 18.9 Å². The van der Waals surface area contributed by atoms with Crippen molar-refractivity contribution in [1.82, 2.24) is 0 Å². The van der Waals surface area contributed by atoms with Gasteiger partial charge in [0.15, 0.2) is 0 Å². The Balaban J connectivity index is 0.000000381. The van der Waals surface area contributed by atoms with Crippen LogP contribution in [-0.2, 0) is 4.79 Å². The highest BCUT2D eigenvalue weighted by molar-refractivity contribution is 6.30. The first-order valence-electron chi connectivity index (χ1n) is 7.56. The van der Waals surface area contributed by atoms with Crippen molar-refractivity contribution < 1.29 is 23.1 Å². The van der Waals surface area contributed by atoms with Gasteiger partial charge in [-0.1, -0.05) is 11.6 Å². The molecule has 1 aliphatic rings. The van der Waals surface area contributed by atoms with Crippen LogP contribution in [0.2, 0.25) is 5.02 Å². The Morgan fingerprint density at radius 2 is 2.12 bits per heavy atom. The van der Waals surface area contributed by atoms with Crippen molar-refractivity contribution >= 4 is 23.3 Å². The van der Waals surface area contributed by atoms with Gasteiger partial charge in [-0.25, -0.2) is 4.79 Å². The van der Waals surface area contributed by atoms with Crippen LogP contribution in [0, 0.1) is 17.2 Å². The van der Waals surface area contributed by atoms with Crippen LogP contribution in [0.1, 0.15) is 25.3 Å². The largest absolute Gasteiger partial charge is 0.490 e. The lowest BCUT2D eigenvalue weighted by molar-refractivity contribution is -0.192. The van der Waals surface area contributed by atoms with E-state index in [1.165, 1.54) is 6.42 Å². The first-order chi connectivity index (χ1) is 11.6. The number of anilines is 1. The average molecular weight is 378 g/mol. The fourth-order valence-corrected chi connectivity index (χ4v) is 2.70. The summed E-state index contributed by atoms with van der Waals surface area (Å²) >= 11 is 5.92. The predicted octanol–water partition coefficient (Wildman–Crippen LogP) is 3.41. The van der Waals surface area contributed by atoms with E-state index in [1.54, 1.807) is 6.07 Å². The Bertz CT molecular complexity index is 644. The lowest BCUT2D eigenvalue weighted by atomic mass is 9.91. The first-order valence-corrected chi connectivity index (χ1v) is 7.94. The van der Waals surface area contributed by atoms with Gasteiger partial charge in [0.1, 0.15) is 6.07 Å². The molecule has 9 heteroatoms.